The molecule has 0 radical (unpaired) electrons. The molecular weight excluding hydrogens is 266 g/mol. The van der Waals surface area contributed by atoms with Crippen LogP contribution in [0.2, 0.25) is 0 Å². The second-order valence-corrected chi connectivity index (χ2v) is 5.70. The van der Waals surface area contributed by atoms with Crippen LogP contribution in [0.15, 0.2) is 24.3 Å². The van der Waals surface area contributed by atoms with Crippen molar-refractivity contribution in [2.24, 2.45) is 0 Å². The Morgan fingerprint density at radius 2 is 2.00 bits per heavy atom. The fourth-order valence-corrected chi connectivity index (χ4v) is 2.57. The van der Waals surface area contributed by atoms with E-state index >= 15 is 0 Å². The Bertz CT molecular complexity index is 470. The summed E-state index contributed by atoms with van der Waals surface area (Å²) in [6.07, 6.45) is 0. The Morgan fingerprint density at radius 3 is 2.67 bits per heavy atom. The van der Waals surface area contributed by atoms with Crippen LogP contribution in [0.1, 0.15) is 17.3 Å². The number of carbonyl (C=O) groups is 1. The van der Waals surface area contributed by atoms with Crippen LogP contribution in [0.4, 0.5) is 5.69 Å². The van der Waals surface area contributed by atoms with E-state index in [2.05, 4.69) is 10.2 Å². The molecule has 1 aliphatic heterocycles. The first-order valence-corrected chi connectivity index (χ1v) is 7.45. The molecule has 1 aliphatic rings. The molecule has 0 aromatic heterocycles. The lowest BCUT2D eigenvalue weighted by Crippen LogP contribution is -2.46. The second kappa shape index (κ2) is 7.43. The van der Waals surface area contributed by atoms with E-state index in [-0.39, 0.29) is 11.9 Å². The summed E-state index contributed by atoms with van der Waals surface area (Å²) in [6, 6.07) is 7.79. The number of ether oxygens (including phenoxy) is 1. The molecule has 0 spiro atoms. The van der Waals surface area contributed by atoms with Gasteiger partial charge in [0, 0.05) is 45.5 Å². The van der Waals surface area contributed by atoms with Gasteiger partial charge in [0.1, 0.15) is 0 Å². The molecule has 1 saturated heterocycles. The maximum Gasteiger partial charge on any atom is 0.253 e. The van der Waals surface area contributed by atoms with Gasteiger partial charge in [0.15, 0.2) is 0 Å². The van der Waals surface area contributed by atoms with Gasteiger partial charge in [-0.05, 0) is 19.1 Å². The molecule has 1 amide bonds. The summed E-state index contributed by atoms with van der Waals surface area (Å²) < 4.78 is 5.34. The Balaban J connectivity index is 1.94. The standard InChI is InChI=1S/C16H25N3O2/c1-13(12-19-8-10-21-11-9-19)17-16(20)14-6-4-5-7-15(14)18(2)3/h4-7,13H,8-12H2,1-3H3,(H,17,20). The lowest BCUT2D eigenvalue weighted by Gasteiger charge is -2.29. The number of carbonyl (C=O) groups excluding carboxylic acids is 1. The molecule has 1 aromatic carbocycles. The molecule has 1 heterocycles. The van der Waals surface area contributed by atoms with E-state index in [1.165, 1.54) is 0 Å². The highest BCUT2D eigenvalue weighted by molar-refractivity contribution is 5.99. The Labute approximate surface area is 126 Å². The summed E-state index contributed by atoms with van der Waals surface area (Å²) in [4.78, 5) is 16.7. The molecular formula is C16H25N3O2. The van der Waals surface area contributed by atoms with Gasteiger partial charge in [-0.3, -0.25) is 9.69 Å². The van der Waals surface area contributed by atoms with Gasteiger partial charge < -0.3 is 15.0 Å². The normalized spacial score (nSPS) is 17.3. The van der Waals surface area contributed by atoms with Crippen molar-refractivity contribution in [1.29, 1.82) is 0 Å². The molecule has 1 N–H and O–H groups in total. The summed E-state index contributed by atoms with van der Waals surface area (Å²) in [7, 11) is 3.90. The van der Waals surface area contributed by atoms with Crippen molar-refractivity contribution in [3.63, 3.8) is 0 Å². The van der Waals surface area contributed by atoms with Crippen molar-refractivity contribution >= 4 is 11.6 Å². The van der Waals surface area contributed by atoms with Crippen LogP contribution in [0.3, 0.4) is 0 Å². The molecule has 5 heteroatoms. The van der Waals surface area contributed by atoms with E-state index in [1.807, 2.05) is 50.2 Å². The fourth-order valence-electron chi connectivity index (χ4n) is 2.57. The number of nitrogens with one attached hydrogen (secondary N) is 1. The van der Waals surface area contributed by atoms with E-state index in [1.54, 1.807) is 0 Å². The van der Waals surface area contributed by atoms with Crippen LogP contribution in [-0.2, 0) is 4.74 Å². The Hall–Kier alpha value is -1.59. The van der Waals surface area contributed by atoms with E-state index in [0.717, 1.165) is 44.1 Å². The van der Waals surface area contributed by atoms with Crippen LogP contribution in [-0.4, -0.2) is 63.8 Å². The zero-order chi connectivity index (χ0) is 15.2. The second-order valence-electron chi connectivity index (χ2n) is 5.70. The molecule has 1 atom stereocenters. The number of benzene rings is 1. The van der Waals surface area contributed by atoms with Crippen LogP contribution in [0.25, 0.3) is 0 Å². The first-order valence-electron chi connectivity index (χ1n) is 7.45. The monoisotopic (exact) mass is 291 g/mol. The molecule has 1 aromatic rings. The summed E-state index contributed by atoms with van der Waals surface area (Å²) in [5, 5.41) is 3.09. The first kappa shape index (κ1) is 15.8. The number of rotatable bonds is 5. The van der Waals surface area contributed by atoms with E-state index in [9.17, 15) is 4.79 Å². The summed E-state index contributed by atoms with van der Waals surface area (Å²) in [5.74, 6) is -0.0138. The van der Waals surface area contributed by atoms with E-state index in [4.69, 9.17) is 4.74 Å². The molecule has 0 aliphatic carbocycles. The lowest BCUT2D eigenvalue weighted by molar-refractivity contribution is 0.0342. The van der Waals surface area contributed by atoms with Crippen LogP contribution < -0.4 is 10.2 Å². The van der Waals surface area contributed by atoms with Gasteiger partial charge in [-0.15, -0.1) is 0 Å². The third kappa shape index (κ3) is 4.44. The fraction of sp³-hybridized carbons (Fsp3) is 0.562. The Kier molecular flexibility index (Phi) is 5.59. The highest BCUT2D eigenvalue weighted by atomic mass is 16.5. The van der Waals surface area contributed by atoms with Gasteiger partial charge in [-0.1, -0.05) is 12.1 Å². The summed E-state index contributed by atoms with van der Waals surface area (Å²) in [5.41, 5.74) is 1.66. The van der Waals surface area contributed by atoms with Gasteiger partial charge in [0.25, 0.3) is 5.91 Å². The maximum absolute atomic E-state index is 12.4. The van der Waals surface area contributed by atoms with Crippen LogP contribution in [0.5, 0.6) is 0 Å². The molecule has 0 saturated carbocycles. The topological polar surface area (TPSA) is 44.8 Å². The number of anilines is 1. The van der Waals surface area contributed by atoms with Crippen molar-refractivity contribution in [3.05, 3.63) is 29.8 Å². The predicted octanol–water partition coefficient (Wildman–Crippen LogP) is 1.20. The molecule has 21 heavy (non-hydrogen) atoms. The van der Waals surface area contributed by atoms with Gasteiger partial charge >= 0.3 is 0 Å². The minimum atomic E-state index is -0.0138. The van der Waals surface area contributed by atoms with E-state index in [0.29, 0.717) is 0 Å². The number of nitrogens with zero attached hydrogens (tertiary/aromatic N) is 2. The minimum Gasteiger partial charge on any atom is -0.379 e. The van der Waals surface area contributed by atoms with Crippen molar-refractivity contribution in [2.45, 2.75) is 13.0 Å². The average molecular weight is 291 g/mol. The molecule has 2 rings (SSSR count). The minimum absolute atomic E-state index is 0.0138. The zero-order valence-corrected chi connectivity index (χ0v) is 13.1. The number of morpholine rings is 1. The Morgan fingerprint density at radius 1 is 1.33 bits per heavy atom. The highest BCUT2D eigenvalue weighted by Crippen LogP contribution is 2.17. The quantitative estimate of drug-likeness (QED) is 0.885. The van der Waals surface area contributed by atoms with Gasteiger partial charge in [0.05, 0.1) is 18.8 Å². The van der Waals surface area contributed by atoms with Crippen LogP contribution in [0, 0.1) is 0 Å². The van der Waals surface area contributed by atoms with Crippen molar-refractivity contribution < 1.29 is 9.53 Å². The third-order valence-corrected chi connectivity index (χ3v) is 3.64. The third-order valence-electron chi connectivity index (χ3n) is 3.64. The largest absolute Gasteiger partial charge is 0.379 e. The number of hydrogen-bond donors (Lipinski definition) is 1. The number of para-hydroxylation sites is 1. The number of amides is 1. The van der Waals surface area contributed by atoms with E-state index < -0.39 is 0 Å². The van der Waals surface area contributed by atoms with Crippen molar-refractivity contribution in [3.8, 4) is 0 Å². The zero-order valence-electron chi connectivity index (χ0n) is 13.1. The molecule has 5 nitrogen and oxygen atoms in total. The SMILES string of the molecule is CC(CN1CCOCC1)NC(=O)c1ccccc1N(C)C. The predicted molar refractivity (Wildman–Crippen MR) is 85.0 cm³/mol. The highest BCUT2D eigenvalue weighted by Gasteiger charge is 2.17. The molecule has 116 valence electrons. The summed E-state index contributed by atoms with van der Waals surface area (Å²) in [6.45, 7) is 6.35. The summed E-state index contributed by atoms with van der Waals surface area (Å²) >= 11 is 0. The number of hydrogen-bond acceptors (Lipinski definition) is 4. The first-order chi connectivity index (χ1) is 10.1. The van der Waals surface area contributed by atoms with Gasteiger partial charge in [-0.25, -0.2) is 0 Å². The maximum atomic E-state index is 12.4. The molecule has 1 fully saturated rings. The van der Waals surface area contributed by atoms with Crippen molar-refractivity contribution in [1.82, 2.24) is 10.2 Å². The molecule has 1 unspecified atom stereocenters. The van der Waals surface area contributed by atoms with Gasteiger partial charge in [-0.2, -0.15) is 0 Å². The smallest absolute Gasteiger partial charge is 0.253 e. The lowest BCUT2D eigenvalue weighted by atomic mass is 10.1. The van der Waals surface area contributed by atoms with Crippen molar-refractivity contribution in [2.75, 3.05) is 51.8 Å². The molecule has 0 bridgehead atoms. The average Bonchev–Trinajstić information content (AvgIpc) is 2.48. The van der Waals surface area contributed by atoms with Gasteiger partial charge in [0.2, 0.25) is 0 Å². The van der Waals surface area contributed by atoms with Crippen LogP contribution >= 0.6 is 0 Å².